The summed E-state index contributed by atoms with van der Waals surface area (Å²) in [6, 6.07) is 17.1. The molecule has 4 N–H and O–H groups in total. The molecule has 7 heteroatoms. The molecule has 0 spiro atoms. The van der Waals surface area contributed by atoms with E-state index in [9.17, 15) is 0 Å². The van der Waals surface area contributed by atoms with Crippen molar-refractivity contribution < 1.29 is 0 Å². The summed E-state index contributed by atoms with van der Waals surface area (Å²) in [7, 11) is 0. The van der Waals surface area contributed by atoms with Crippen molar-refractivity contribution in [3.8, 4) is 0 Å². The van der Waals surface area contributed by atoms with Crippen molar-refractivity contribution in [2.24, 2.45) is 0 Å². The van der Waals surface area contributed by atoms with Crippen molar-refractivity contribution >= 4 is 51.2 Å². The summed E-state index contributed by atoms with van der Waals surface area (Å²) in [6.07, 6.45) is 3.20. The Balaban J connectivity index is 1.67. The van der Waals surface area contributed by atoms with Crippen LogP contribution in [0.15, 0.2) is 67.1 Å². The highest BCUT2D eigenvalue weighted by Crippen LogP contribution is 2.30. The van der Waals surface area contributed by atoms with Crippen molar-refractivity contribution in [2.45, 2.75) is 0 Å². The second kappa shape index (κ2) is 6.85. The van der Waals surface area contributed by atoms with E-state index in [2.05, 4.69) is 25.6 Å². The molecule has 2 aromatic heterocycles. The third-order valence-electron chi connectivity index (χ3n) is 3.86. The second-order valence-corrected chi connectivity index (χ2v) is 6.06. The van der Waals surface area contributed by atoms with E-state index in [4.69, 9.17) is 17.3 Å². The Morgan fingerprint density at radius 2 is 1.62 bits per heavy atom. The number of nitrogen functional groups attached to an aromatic ring is 1. The minimum atomic E-state index is 0.403. The number of halogens is 1. The molecule has 4 rings (SSSR count). The van der Waals surface area contributed by atoms with Gasteiger partial charge in [-0.05, 0) is 30.3 Å². The summed E-state index contributed by atoms with van der Waals surface area (Å²) >= 11 is 6.02. The van der Waals surface area contributed by atoms with Gasteiger partial charge in [0.15, 0.2) is 11.6 Å². The second-order valence-electron chi connectivity index (χ2n) is 5.63. The molecule has 2 aromatic carbocycles. The van der Waals surface area contributed by atoms with Crippen molar-refractivity contribution in [3.05, 3.63) is 72.1 Å². The maximum Gasteiger partial charge on any atom is 0.159 e. The SMILES string of the molecule is Nc1c(Nc2cccc(Cl)c2)ncnc1Nc1cccc2cccnc12. The molecule has 0 aliphatic heterocycles. The summed E-state index contributed by atoms with van der Waals surface area (Å²) in [5.41, 5.74) is 9.12. The summed E-state index contributed by atoms with van der Waals surface area (Å²) < 4.78 is 0. The molecule has 0 fully saturated rings. The van der Waals surface area contributed by atoms with Gasteiger partial charge in [-0.25, -0.2) is 9.97 Å². The van der Waals surface area contributed by atoms with E-state index in [0.29, 0.717) is 22.3 Å². The van der Waals surface area contributed by atoms with Crippen LogP contribution in [-0.4, -0.2) is 15.0 Å². The monoisotopic (exact) mass is 362 g/mol. The molecule has 0 aliphatic carbocycles. The maximum absolute atomic E-state index is 6.26. The number of para-hydroxylation sites is 1. The fourth-order valence-electron chi connectivity index (χ4n) is 2.63. The van der Waals surface area contributed by atoms with Crippen LogP contribution in [0.2, 0.25) is 5.02 Å². The maximum atomic E-state index is 6.26. The van der Waals surface area contributed by atoms with E-state index in [1.54, 1.807) is 18.3 Å². The molecular formula is C19H15ClN6. The van der Waals surface area contributed by atoms with Crippen LogP contribution < -0.4 is 16.4 Å². The van der Waals surface area contributed by atoms with E-state index in [1.807, 2.05) is 42.5 Å². The smallest absolute Gasteiger partial charge is 0.159 e. The Kier molecular flexibility index (Phi) is 4.25. The highest BCUT2D eigenvalue weighted by atomic mass is 35.5. The number of rotatable bonds is 4. The number of fused-ring (bicyclic) bond motifs is 1. The first kappa shape index (κ1) is 16.1. The molecular weight excluding hydrogens is 348 g/mol. The normalized spacial score (nSPS) is 10.7. The zero-order valence-electron chi connectivity index (χ0n) is 13.6. The van der Waals surface area contributed by atoms with Crippen molar-refractivity contribution in [1.29, 1.82) is 0 Å². The Hall–Kier alpha value is -3.38. The van der Waals surface area contributed by atoms with Gasteiger partial charge in [-0.1, -0.05) is 35.9 Å². The standard InChI is InChI=1S/C19H15ClN6/c20-13-6-2-7-14(10-13)25-18-16(21)19(24-11-23-18)26-15-8-1-4-12-5-3-9-22-17(12)15/h1-11H,21H2,(H2,23,24,25,26). The molecule has 0 saturated heterocycles. The summed E-state index contributed by atoms with van der Waals surface area (Å²) in [6.45, 7) is 0. The molecule has 0 atom stereocenters. The van der Waals surface area contributed by atoms with E-state index < -0.39 is 0 Å². The number of nitrogens with two attached hydrogens (primary N) is 1. The first-order chi connectivity index (χ1) is 12.7. The lowest BCUT2D eigenvalue weighted by Crippen LogP contribution is -2.05. The van der Waals surface area contributed by atoms with Crippen LogP contribution in [0.3, 0.4) is 0 Å². The third kappa shape index (κ3) is 3.22. The molecule has 4 aromatic rings. The van der Waals surface area contributed by atoms with Gasteiger partial charge < -0.3 is 16.4 Å². The molecule has 2 heterocycles. The van der Waals surface area contributed by atoms with E-state index in [0.717, 1.165) is 22.3 Å². The average Bonchev–Trinajstić information content (AvgIpc) is 2.65. The lowest BCUT2D eigenvalue weighted by molar-refractivity contribution is 1.17. The van der Waals surface area contributed by atoms with Gasteiger partial charge in [0.05, 0.1) is 11.2 Å². The molecule has 0 amide bonds. The number of nitrogens with zero attached hydrogens (tertiary/aromatic N) is 3. The molecule has 0 radical (unpaired) electrons. The van der Waals surface area contributed by atoms with Crippen molar-refractivity contribution in [3.63, 3.8) is 0 Å². The summed E-state index contributed by atoms with van der Waals surface area (Å²) in [4.78, 5) is 12.9. The predicted molar refractivity (Wildman–Crippen MR) is 106 cm³/mol. The summed E-state index contributed by atoms with van der Waals surface area (Å²) in [5, 5.41) is 8.07. The van der Waals surface area contributed by atoms with Gasteiger partial charge >= 0.3 is 0 Å². The van der Waals surface area contributed by atoms with Gasteiger partial charge in [0.25, 0.3) is 0 Å². The van der Waals surface area contributed by atoms with E-state index >= 15 is 0 Å². The predicted octanol–water partition coefficient (Wildman–Crippen LogP) is 4.75. The first-order valence-corrected chi connectivity index (χ1v) is 8.32. The Morgan fingerprint density at radius 1 is 0.846 bits per heavy atom. The number of nitrogens with one attached hydrogen (secondary N) is 2. The fourth-order valence-corrected chi connectivity index (χ4v) is 2.82. The number of hydrogen-bond acceptors (Lipinski definition) is 6. The zero-order chi connectivity index (χ0) is 17.9. The van der Waals surface area contributed by atoms with Gasteiger partial charge in [0.1, 0.15) is 12.0 Å². The molecule has 128 valence electrons. The average molecular weight is 363 g/mol. The van der Waals surface area contributed by atoms with Crippen molar-refractivity contribution in [2.75, 3.05) is 16.4 Å². The fraction of sp³-hybridized carbons (Fsp3) is 0. The van der Waals surface area contributed by atoms with Gasteiger partial charge in [-0.3, -0.25) is 4.98 Å². The number of pyridine rings is 1. The lowest BCUT2D eigenvalue weighted by Gasteiger charge is -2.13. The van der Waals surface area contributed by atoms with Crippen LogP contribution in [0.5, 0.6) is 0 Å². The topological polar surface area (TPSA) is 88.8 Å². The van der Waals surface area contributed by atoms with Crippen LogP contribution in [-0.2, 0) is 0 Å². The Labute approximate surface area is 155 Å². The quantitative estimate of drug-likeness (QED) is 0.485. The number of anilines is 5. The third-order valence-corrected chi connectivity index (χ3v) is 4.09. The Morgan fingerprint density at radius 3 is 2.46 bits per heavy atom. The zero-order valence-corrected chi connectivity index (χ0v) is 14.4. The molecule has 0 unspecified atom stereocenters. The minimum absolute atomic E-state index is 0.403. The number of benzene rings is 2. The van der Waals surface area contributed by atoms with E-state index in [-0.39, 0.29) is 0 Å². The van der Waals surface area contributed by atoms with Gasteiger partial charge in [-0.15, -0.1) is 0 Å². The largest absolute Gasteiger partial charge is 0.393 e. The van der Waals surface area contributed by atoms with Gasteiger partial charge in [0, 0.05) is 22.3 Å². The molecule has 6 nitrogen and oxygen atoms in total. The van der Waals surface area contributed by atoms with Gasteiger partial charge in [-0.2, -0.15) is 0 Å². The van der Waals surface area contributed by atoms with Crippen LogP contribution in [0.4, 0.5) is 28.7 Å². The van der Waals surface area contributed by atoms with E-state index in [1.165, 1.54) is 6.33 Å². The van der Waals surface area contributed by atoms with Gasteiger partial charge in [0.2, 0.25) is 0 Å². The Bertz CT molecular complexity index is 1080. The number of hydrogen-bond donors (Lipinski definition) is 3. The highest BCUT2D eigenvalue weighted by Gasteiger charge is 2.10. The van der Waals surface area contributed by atoms with Crippen LogP contribution in [0.1, 0.15) is 0 Å². The molecule has 0 saturated carbocycles. The minimum Gasteiger partial charge on any atom is -0.393 e. The lowest BCUT2D eigenvalue weighted by atomic mass is 10.2. The summed E-state index contributed by atoms with van der Waals surface area (Å²) in [5.74, 6) is 1.00. The van der Waals surface area contributed by atoms with Crippen LogP contribution in [0, 0.1) is 0 Å². The molecule has 26 heavy (non-hydrogen) atoms. The highest BCUT2D eigenvalue weighted by molar-refractivity contribution is 6.30. The van der Waals surface area contributed by atoms with Crippen LogP contribution >= 0.6 is 11.6 Å². The number of aromatic nitrogens is 3. The molecule has 0 bridgehead atoms. The van der Waals surface area contributed by atoms with Crippen LogP contribution in [0.25, 0.3) is 10.9 Å². The molecule has 0 aliphatic rings. The first-order valence-electron chi connectivity index (χ1n) is 7.94. The van der Waals surface area contributed by atoms with Crippen molar-refractivity contribution in [1.82, 2.24) is 15.0 Å².